The Hall–Kier alpha value is -3.69. The zero-order valence-corrected chi connectivity index (χ0v) is 16.8. The van der Waals surface area contributed by atoms with Crippen molar-refractivity contribution in [2.24, 2.45) is 0 Å². The third-order valence-electron chi connectivity index (χ3n) is 5.53. The fourth-order valence-electron chi connectivity index (χ4n) is 3.93. The number of hydrogen-bond donors (Lipinski definition) is 1. The van der Waals surface area contributed by atoms with Gasteiger partial charge in [-0.25, -0.2) is 14.0 Å². The van der Waals surface area contributed by atoms with E-state index in [2.05, 4.69) is 25.5 Å². The minimum atomic E-state index is 0.122. The molecular weight excluding hydrogens is 384 g/mol. The van der Waals surface area contributed by atoms with Crippen LogP contribution in [-0.2, 0) is 4.79 Å². The average molecular weight is 406 g/mol. The van der Waals surface area contributed by atoms with Crippen molar-refractivity contribution in [2.45, 2.75) is 25.8 Å². The van der Waals surface area contributed by atoms with Gasteiger partial charge < -0.3 is 15.0 Å². The standard InChI is InChI=1S/C20H22N8O2/c1-13(29)26-8-5-15(6-9-26)23-20-24-19(30-2)18-16(7-10-27(18)25-20)14-3-4-17-21-12-22-28(17)11-14/h3-4,7,10-12,15H,5-6,8-9H2,1-2H3,(H,23,25). The number of pyridine rings is 1. The van der Waals surface area contributed by atoms with Gasteiger partial charge in [-0.05, 0) is 31.0 Å². The van der Waals surface area contributed by atoms with E-state index in [0.717, 1.165) is 48.2 Å². The number of nitrogens with one attached hydrogen (secondary N) is 1. The number of methoxy groups -OCH3 is 1. The lowest BCUT2D eigenvalue weighted by Crippen LogP contribution is -2.41. The Morgan fingerprint density at radius 3 is 2.80 bits per heavy atom. The summed E-state index contributed by atoms with van der Waals surface area (Å²) in [5.41, 5.74) is 3.49. The van der Waals surface area contributed by atoms with Gasteiger partial charge in [0.15, 0.2) is 5.65 Å². The number of likely N-dealkylation sites (tertiary alicyclic amines) is 1. The second kappa shape index (κ2) is 7.29. The number of amides is 1. The monoisotopic (exact) mass is 406 g/mol. The lowest BCUT2D eigenvalue weighted by molar-refractivity contribution is -0.129. The molecular formula is C20H22N8O2. The Morgan fingerprint density at radius 1 is 1.20 bits per heavy atom. The van der Waals surface area contributed by atoms with Gasteiger partial charge in [0.25, 0.3) is 0 Å². The molecule has 0 atom stereocenters. The molecule has 0 unspecified atom stereocenters. The number of nitrogens with zero attached hydrogens (tertiary/aromatic N) is 7. The number of piperidine rings is 1. The van der Waals surface area contributed by atoms with Crippen molar-refractivity contribution >= 4 is 23.0 Å². The predicted octanol–water partition coefficient (Wildman–Crippen LogP) is 1.87. The van der Waals surface area contributed by atoms with E-state index in [0.29, 0.717) is 11.8 Å². The number of aromatic nitrogens is 6. The van der Waals surface area contributed by atoms with Crippen LogP contribution in [0.2, 0.25) is 0 Å². The van der Waals surface area contributed by atoms with E-state index in [9.17, 15) is 4.79 Å². The minimum absolute atomic E-state index is 0.122. The molecule has 1 saturated heterocycles. The number of rotatable bonds is 4. The molecule has 0 aliphatic carbocycles. The molecule has 0 saturated carbocycles. The molecule has 1 aliphatic heterocycles. The Balaban J connectivity index is 1.45. The highest BCUT2D eigenvalue weighted by atomic mass is 16.5. The lowest BCUT2D eigenvalue weighted by Gasteiger charge is -2.31. The first kappa shape index (κ1) is 18.3. The van der Waals surface area contributed by atoms with Crippen LogP contribution < -0.4 is 10.1 Å². The predicted molar refractivity (Wildman–Crippen MR) is 110 cm³/mol. The van der Waals surface area contributed by atoms with Crippen molar-refractivity contribution in [3.8, 4) is 17.0 Å². The van der Waals surface area contributed by atoms with E-state index in [1.807, 2.05) is 35.5 Å². The van der Waals surface area contributed by atoms with Crippen LogP contribution in [0.25, 0.3) is 22.3 Å². The number of ether oxygens (including phenoxy) is 1. The summed E-state index contributed by atoms with van der Waals surface area (Å²) < 4.78 is 9.11. The third kappa shape index (κ3) is 3.19. The molecule has 4 aromatic heterocycles. The van der Waals surface area contributed by atoms with Gasteiger partial charge in [0.1, 0.15) is 11.8 Å². The molecule has 1 aliphatic rings. The number of fused-ring (bicyclic) bond motifs is 2. The summed E-state index contributed by atoms with van der Waals surface area (Å²) in [6.45, 7) is 3.09. The molecule has 154 valence electrons. The highest BCUT2D eigenvalue weighted by molar-refractivity contribution is 5.84. The first-order valence-corrected chi connectivity index (χ1v) is 9.87. The van der Waals surface area contributed by atoms with E-state index >= 15 is 0 Å². The Kier molecular flexibility index (Phi) is 4.46. The smallest absolute Gasteiger partial charge is 0.244 e. The van der Waals surface area contributed by atoms with Crippen LogP contribution in [0.5, 0.6) is 5.88 Å². The zero-order valence-electron chi connectivity index (χ0n) is 16.8. The van der Waals surface area contributed by atoms with Crippen LogP contribution in [0.1, 0.15) is 19.8 Å². The highest BCUT2D eigenvalue weighted by Crippen LogP contribution is 2.31. The fraction of sp³-hybridized carbons (Fsp3) is 0.350. The normalized spacial score (nSPS) is 15.1. The SMILES string of the molecule is COc1nc(NC2CCN(C(C)=O)CC2)nn2ccc(-c3ccc4ncnn4c3)c12. The second-order valence-corrected chi connectivity index (χ2v) is 7.37. The number of carbonyl (C=O) groups is 1. The van der Waals surface area contributed by atoms with Crippen molar-refractivity contribution in [1.29, 1.82) is 0 Å². The number of hydrogen-bond acceptors (Lipinski definition) is 7. The van der Waals surface area contributed by atoms with Crippen LogP contribution in [0, 0.1) is 0 Å². The van der Waals surface area contributed by atoms with Crippen molar-refractivity contribution < 1.29 is 9.53 Å². The minimum Gasteiger partial charge on any atom is -0.479 e. The molecule has 1 amide bonds. The lowest BCUT2D eigenvalue weighted by atomic mass is 10.1. The van der Waals surface area contributed by atoms with E-state index in [1.54, 1.807) is 23.1 Å². The van der Waals surface area contributed by atoms with Gasteiger partial charge in [0, 0.05) is 49.6 Å². The van der Waals surface area contributed by atoms with Gasteiger partial charge in [-0.1, -0.05) is 0 Å². The first-order valence-electron chi connectivity index (χ1n) is 9.87. The molecule has 4 aromatic rings. The highest BCUT2D eigenvalue weighted by Gasteiger charge is 2.22. The summed E-state index contributed by atoms with van der Waals surface area (Å²) in [5.74, 6) is 1.12. The van der Waals surface area contributed by atoms with Crippen molar-refractivity contribution in [3.05, 3.63) is 36.9 Å². The molecule has 30 heavy (non-hydrogen) atoms. The molecule has 0 radical (unpaired) electrons. The Morgan fingerprint density at radius 2 is 2.03 bits per heavy atom. The first-order chi connectivity index (χ1) is 14.6. The van der Waals surface area contributed by atoms with Gasteiger partial charge in [0.2, 0.25) is 17.7 Å². The summed E-state index contributed by atoms with van der Waals surface area (Å²) >= 11 is 0. The van der Waals surface area contributed by atoms with Gasteiger partial charge in [-0.2, -0.15) is 10.1 Å². The summed E-state index contributed by atoms with van der Waals surface area (Å²) in [6, 6.07) is 6.11. The summed E-state index contributed by atoms with van der Waals surface area (Å²) in [7, 11) is 1.61. The van der Waals surface area contributed by atoms with Crippen LogP contribution >= 0.6 is 0 Å². The summed E-state index contributed by atoms with van der Waals surface area (Å²) in [6.07, 6.45) is 7.06. The average Bonchev–Trinajstić information content (AvgIpc) is 3.39. The number of carbonyl (C=O) groups excluding carboxylic acids is 1. The van der Waals surface area contributed by atoms with Gasteiger partial charge in [-0.15, -0.1) is 5.10 Å². The maximum absolute atomic E-state index is 11.5. The van der Waals surface area contributed by atoms with Gasteiger partial charge in [0.05, 0.1) is 7.11 Å². The van der Waals surface area contributed by atoms with Crippen LogP contribution in [0.4, 0.5) is 5.95 Å². The van der Waals surface area contributed by atoms with Crippen molar-refractivity contribution in [3.63, 3.8) is 0 Å². The van der Waals surface area contributed by atoms with Crippen LogP contribution in [0.3, 0.4) is 0 Å². The van der Waals surface area contributed by atoms with E-state index in [-0.39, 0.29) is 11.9 Å². The molecule has 5 rings (SSSR count). The molecule has 0 bridgehead atoms. The Labute approximate surface area is 172 Å². The van der Waals surface area contributed by atoms with Crippen LogP contribution in [0.15, 0.2) is 36.9 Å². The molecule has 5 heterocycles. The van der Waals surface area contributed by atoms with Crippen molar-refractivity contribution in [1.82, 2.24) is 34.1 Å². The van der Waals surface area contributed by atoms with E-state index in [4.69, 9.17) is 4.74 Å². The molecule has 1 fully saturated rings. The largest absolute Gasteiger partial charge is 0.479 e. The van der Waals surface area contributed by atoms with Crippen molar-refractivity contribution in [2.75, 3.05) is 25.5 Å². The Bertz CT molecular complexity index is 1220. The fourth-order valence-corrected chi connectivity index (χ4v) is 3.93. The quantitative estimate of drug-likeness (QED) is 0.552. The molecule has 10 nitrogen and oxygen atoms in total. The van der Waals surface area contributed by atoms with Gasteiger partial charge >= 0.3 is 0 Å². The molecule has 10 heteroatoms. The molecule has 0 spiro atoms. The third-order valence-corrected chi connectivity index (χ3v) is 5.53. The summed E-state index contributed by atoms with van der Waals surface area (Å²) in [4.78, 5) is 22.2. The summed E-state index contributed by atoms with van der Waals surface area (Å²) in [5, 5.41) is 12.2. The molecule has 1 N–H and O–H groups in total. The zero-order chi connectivity index (χ0) is 20.7. The maximum Gasteiger partial charge on any atom is 0.244 e. The van der Waals surface area contributed by atoms with Crippen LogP contribution in [-0.4, -0.2) is 66.2 Å². The van der Waals surface area contributed by atoms with E-state index < -0.39 is 0 Å². The second-order valence-electron chi connectivity index (χ2n) is 7.37. The van der Waals surface area contributed by atoms with Gasteiger partial charge in [-0.3, -0.25) is 4.79 Å². The topological polar surface area (TPSA) is 102 Å². The van der Waals surface area contributed by atoms with E-state index in [1.165, 1.54) is 6.33 Å². The number of anilines is 1. The molecule has 0 aromatic carbocycles. The maximum atomic E-state index is 11.5.